The van der Waals surface area contributed by atoms with Crippen molar-refractivity contribution in [3.8, 4) is 0 Å². The number of carbonyl (C=O) groups is 1. The van der Waals surface area contributed by atoms with Crippen molar-refractivity contribution >= 4 is 5.91 Å². The molecule has 1 N–H and O–H groups in total. The van der Waals surface area contributed by atoms with Crippen LogP contribution in [0.3, 0.4) is 0 Å². The number of halogens is 2. The van der Waals surface area contributed by atoms with Gasteiger partial charge in [-0.1, -0.05) is 24.3 Å². The van der Waals surface area contributed by atoms with Gasteiger partial charge in [-0.25, -0.2) is 8.78 Å². The van der Waals surface area contributed by atoms with Gasteiger partial charge in [-0.15, -0.1) is 0 Å². The molecular weight excluding hydrogens is 302 g/mol. The second-order valence-electron chi connectivity index (χ2n) is 6.13. The first-order valence-corrected chi connectivity index (χ1v) is 8.13. The predicted octanol–water partition coefficient (Wildman–Crippen LogP) is 2.15. The molecule has 2 unspecified atom stereocenters. The highest BCUT2D eigenvalue weighted by Gasteiger charge is 2.33. The molecule has 1 aliphatic carbocycles. The molecule has 0 radical (unpaired) electrons. The standard InChI is InChI=1S/C17H22F2N2O2/c18-16(19)10-21-8-9-23-11-15(21)17(22)20-14-7-3-5-12-4-1-2-6-13(12)14/h1-2,4,6,14-16H,3,5,7-11H2,(H,20,22). The number of carbonyl (C=O) groups excluding carboxylic acids is 1. The molecule has 1 aromatic carbocycles. The minimum Gasteiger partial charge on any atom is -0.378 e. The first-order chi connectivity index (χ1) is 11.1. The zero-order chi connectivity index (χ0) is 16.2. The molecule has 1 amide bonds. The van der Waals surface area contributed by atoms with Gasteiger partial charge in [0.05, 0.1) is 25.8 Å². The molecule has 0 saturated carbocycles. The average Bonchev–Trinajstić information content (AvgIpc) is 2.55. The monoisotopic (exact) mass is 324 g/mol. The highest BCUT2D eigenvalue weighted by molar-refractivity contribution is 5.82. The fourth-order valence-electron chi connectivity index (χ4n) is 3.45. The fraction of sp³-hybridized carbons (Fsp3) is 0.588. The van der Waals surface area contributed by atoms with Gasteiger partial charge in [-0.05, 0) is 30.4 Å². The first-order valence-electron chi connectivity index (χ1n) is 8.13. The molecule has 1 aromatic rings. The average molecular weight is 324 g/mol. The minimum absolute atomic E-state index is 0.0391. The number of morpholine rings is 1. The highest BCUT2D eigenvalue weighted by Crippen LogP contribution is 2.29. The molecule has 126 valence electrons. The summed E-state index contributed by atoms with van der Waals surface area (Å²) in [5, 5.41) is 3.04. The van der Waals surface area contributed by atoms with Crippen molar-refractivity contribution in [3.05, 3.63) is 35.4 Å². The molecule has 23 heavy (non-hydrogen) atoms. The number of hydrogen-bond donors (Lipinski definition) is 1. The second-order valence-corrected chi connectivity index (χ2v) is 6.13. The number of rotatable bonds is 4. The molecule has 1 saturated heterocycles. The molecule has 1 fully saturated rings. The van der Waals surface area contributed by atoms with E-state index < -0.39 is 12.5 Å². The summed E-state index contributed by atoms with van der Waals surface area (Å²) >= 11 is 0. The van der Waals surface area contributed by atoms with E-state index in [4.69, 9.17) is 4.74 Å². The Kier molecular flexibility index (Phi) is 5.23. The Balaban J connectivity index is 1.69. The van der Waals surface area contributed by atoms with Crippen LogP contribution in [0.5, 0.6) is 0 Å². The van der Waals surface area contributed by atoms with Crippen molar-refractivity contribution in [2.24, 2.45) is 0 Å². The van der Waals surface area contributed by atoms with E-state index in [1.165, 1.54) is 10.5 Å². The van der Waals surface area contributed by atoms with Crippen LogP contribution < -0.4 is 5.32 Å². The summed E-state index contributed by atoms with van der Waals surface area (Å²) in [4.78, 5) is 14.1. The van der Waals surface area contributed by atoms with E-state index in [2.05, 4.69) is 11.4 Å². The third kappa shape index (κ3) is 3.87. The van der Waals surface area contributed by atoms with E-state index >= 15 is 0 Å². The smallest absolute Gasteiger partial charge is 0.251 e. The molecule has 2 atom stereocenters. The van der Waals surface area contributed by atoms with E-state index in [-0.39, 0.29) is 25.1 Å². The molecule has 1 aliphatic heterocycles. The summed E-state index contributed by atoms with van der Waals surface area (Å²) in [6, 6.07) is 7.42. The van der Waals surface area contributed by atoms with Crippen LogP contribution in [0.4, 0.5) is 8.78 Å². The maximum absolute atomic E-state index is 12.7. The minimum atomic E-state index is -2.45. The van der Waals surface area contributed by atoms with Crippen molar-refractivity contribution in [1.29, 1.82) is 0 Å². The van der Waals surface area contributed by atoms with Crippen molar-refractivity contribution in [2.75, 3.05) is 26.3 Å². The summed E-state index contributed by atoms with van der Waals surface area (Å²) in [6.07, 6.45) is 0.473. The maximum atomic E-state index is 12.7. The summed E-state index contributed by atoms with van der Waals surface area (Å²) in [5.74, 6) is -0.216. The number of amides is 1. The predicted molar refractivity (Wildman–Crippen MR) is 82.4 cm³/mol. The molecule has 2 aliphatic rings. The number of nitrogens with zero attached hydrogens (tertiary/aromatic N) is 1. The Bertz CT molecular complexity index is 553. The summed E-state index contributed by atoms with van der Waals surface area (Å²) in [6.45, 7) is 0.544. The lowest BCUT2D eigenvalue weighted by atomic mass is 9.87. The Morgan fingerprint density at radius 2 is 2.22 bits per heavy atom. The topological polar surface area (TPSA) is 41.6 Å². The van der Waals surface area contributed by atoms with Gasteiger partial charge in [0.25, 0.3) is 6.43 Å². The summed E-state index contributed by atoms with van der Waals surface area (Å²) in [5.41, 5.74) is 2.40. The van der Waals surface area contributed by atoms with Crippen LogP contribution in [0.2, 0.25) is 0 Å². The maximum Gasteiger partial charge on any atom is 0.251 e. The van der Waals surface area contributed by atoms with E-state index in [1.807, 2.05) is 18.2 Å². The van der Waals surface area contributed by atoms with Crippen LogP contribution in [-0.2, 0) is 16.0 Å². The molecule has 4 nitrogen and oxygen atoms in total. The molecule has 0 bridgehead atoms. The molecule has 6 heteroatoms. The first kappa shape index (κ1) is 16.3. The third-order valence-electron chi connectivity index (χ3n) is 4.60. The Morgan fingerprint density at radius 3 is 3.04 bits per heavy atom. The Hall–Kier alpha value is -1.53. The van der Waals surface area contributed by atoms with Crippen LogP contribution in [0.25, 0.3) is 0 Å². The van der Waals surface area contributed by atoms with E-state index in [9.17, 15) is 13.6 Å². The van der Waals surface area contributed by atoms with Crippen molar-refractivity contribution in [1.82, 2.24) is 10.2 Å². The van der Waals surface area contributed by atoms with Gasteiger partial charge < -0.3 is 10.1 Å². The van der Waals surface area contributed by atoms with Gasteiger partial charge in [0, 0.05) is 6.54 Å². The number of fused-ring (bicyclic) bond motifs is 1. The molecular formula is C17H22F2N2O2. The van der Waals surface area contributed by atoms with Gasteiger partial charge in [0.15, 0.2) is 0 Å². The van der Waals surface area contributed by atoms with Gasteiger partial charge in [-0.3, -0.25) is 9.69 Å². The van der Waals surface area contributed by atoms with Gasteiger partial charge >= 0.3 is 0 Å². The lowest BCUT2D eigenvalue weighted by Crippen LogP contribution is -2.55. The molecule has 0 spiro atoms. The number of nitrogens with one attached hydrogen (secondary N) is 1. The largest absolute Gasteiger partial charge is 0.378 e. The van der Waals surface area contributed by atoms with Gasteiger partial charge in [-0.2, -0.15) is 0 Å². The van der Waals surface area contributed by atoms with Crippen LogP contribution in [0.15, 0.2) is 24.3 Å². The van der Waals surface area contributed by atoms with Gasteiger partial charge in [0.1, 0.15) is 6.04 Å². The second kappa shape index (κ2) is 7.36. The van der Waals surface area contributed by atoms with E-state index in [0.29, 0.717) is 13.2 Å². The SMILES string of the molecule is O=C(NC1CCCc2ccccc21)C1COCCN1CC(F)F. The number of benzene rings is 1. The van der Waals surface area contributed by atoms with Crippen LogP contribution >= 0.6 is 0 Å². The molecule has 1 heterocycles. The number of ether oxygens (including phenoxy) is 1. The van der Waals surface area contributed by atoms with Gasteiger partial charge in [0.2, 0.25) is 5.91 Å². The number of alkyl halides is 2. The van der Waals surface area contributed by atoms with Crippen molar-refractivity contribution in [2.45, 2.75) is 37.8 Å². The number of aryl methyl sites for hydroxylation is 1. The van der Waals surface area contributed by atoms with E-state index in [1.54, 1.807) is 0 Å². The third-order valence-corrected chi connectivity index (χ3v) is 4.60. The fourth-order valence-corrected chi connectivity index (χ4v) is 3.45. The Morgan fingerprint density at radius 1 is 1.39 bits per heavy atom. The lowest BCUT2D eigenvalue weighted by Gasteiger charge is -2.36. The van der Waals surface area contributed by atoms with Crippen LogP contribution in [0.1, 0.15) is 30.0 Å². The van der Waals surface area contributed by atoms with E-state index in [0.717, 1.165) is 24.8 Å². The zero-order valence-corrected chi connectivity index (χ0v) is 13.0. The lowest BCUT2D eigenvalue weighted by molar-refractivity contribution is -0.134. The zero-order valence-electron chi connectivity index (χ0n) is 13.0. The molecule has 0 aromatic heterocycles. The van der Waals surface area contributed by atoms with Crippen LogP contribution in [-0.4, -0.2) is 49.6 Å². The quantitative estimate of drug-likeness (QED) is 0.923. The summed E-state index contributed by atoms with van der Waals surface area (Å²) < 4.78 is 30.7. The van der Waals surface area contributed by atoms with Crippen LogP contribution in [0, 0.1) is 0 Å². The Labute approximate surface area is 134 Å². The summed E-state index contributed by atoms with van der Waals surface area (Å²) in [7, 11) is 0. The normalized spacial score (nSPS) is 25.2. The molecule has 3 rings (SSSR count). The van der Waals surface area contributed by atoms with Crippen molar-refractivity contribution < 1.29 is 18.3 Å². The van der Waals surface area contributed by atoms with Crippen molar-refractivity contribution in [3.63, 3.8) is 0 Å². The number of hydrogen-bond acceptors (Lipinski definition) is 3. The highest BCUT2D eigenvalue weighted by atomic mass is 19.3.